The van der Waals surface area contributed by atoms with Crippen LogP contribution in [0.5, 0.6) is 0 Å². The van der Waals surface area contributed by atoms with Crippen molar-refractivity contribution in [3.05, 3.63) is 55.3 Å². The number of hydrogen-bond donors (Lipinski definition) is 0. The van der Waals surface area contributed by atoms with E-state index in [0.717, 1.165) is 10.1 Å². The molecular weight excluding hydrogens is 411 g/mol. The highest BCUT2D eigenvalue weighted by molar-refractivity contribution is 9.11. The van der Waals surface area contributed by atoms with Gasteiger partial charge in [0, 0.05) is 14.5 Å². The Morgan fingerprint density at radius 1 is 1.11 bits per heavy atom. The maximum atomic E-state index is 13.2. The number of rotatable bonds is 2. The second kappa shape index (κ2) is 5.28. The molecule has 1 unspecified atom stereocenters. The van der Waals surface area contributed by atoms with Crippen LogP contribution < -0.4 is 0 Å². The molecule has 0 saturated heterocycles. The van der Waals surface area contributed by atoms with Crippen LogP contribution in [0.4, 0.5) is 4.39 Å². The summed E-state index contributed by atoms with van der Waals surface area (Å²) in [7, 11) is 0. The van der Waals surface area contributed by atoms with Gasteiger partial charge in [-0.1, -0.05) is 22.0 Å². The first kappa shape index (κ1) is 13.7. The molecule has 0 amide bonds. The van der Waals surface area contributed by atoms with E-state index >= 15 is 0 Å². The topological polar surface area (TPSA) is 0 Å². The van der Waals surface area contributed by atoms with E-state index in [-0.39, 0.29) is 10.6 Å². The maximum absolute atomic E-state index is 13.2. The molecule has 0 N–H and O–H groups in total. The molecule has 1 atom stereocenters. The van der Waals surface area contributed by atoms with E-state index in [1.165, 1.54) is 25.2 Å². The Morgan fingerprint density at radius 3 is 2.53 bits per heavy atom. The number of thiophene rings is 2. The average molecular weight is 420 g/mol. The van der Waals surface area contributed by atoms with Crippen LogP contribution in [-0.4, -0.2) is 0 Å². The van der Waals surface area contributed by atoms with Gasteiger partial charge in [0.1, 0.15) is 5.82 Å². The van der Waals surface area contributed by atoms with E-state index in [1.54, 1.807) is 28.7 Å². The van der Waals surface area contributed by atoms with Gasteiger partial charge in [-0.2, -0.15) is 0 Å². The quantitative estimate of drug-likeness (QED) is 0.407. The normalized spacial score (nSPS) is 13.1. The van der Waals surface area contributed by atoms with Crippen molar-refractivity contribution in [2.24, 2.45) is 0 Å². The second-order valence-corrected chi connectivity index (χ2v) is 8.73. The van der Waals surface area contributed by atoms with Gasteiger partial charge in [-0.3, -0.25) is 0 Å². The number of benzene rings is 1. The number of halogens is 3. The second-order valence-electron chi connectivity index (χ2n) is 4.30. The number of alkyl halides is 1. The van der Waals surface area contributed by atoms with Gasteiger partial charge in [-0.25, -0.2) is 4.39 Å². The fraction of sp³-hybridized carbons (Fsp3) is 0.143. The van der Waals surface area contributed by atoms with E-state index in [0.29, 0.717) is 0 Å². The molecule has 1 aromatic carbocycles. The number of fused-ring (bicyclic) bond motifs is 1. The Bertz CT molecular complexity index is 726. The molecule has 0 radical (unpaired) electrons. The molecule has 98 valence electrons. The summed E-state index contributed by atoms with van der Waals surface area (Å²) < 4.78 is 15.4. The van der Waals surface area contributed by atoms with Gasteiger partial charge >= 0.3 is 0 Å². The largest absolute Gasteiger partial charge is 0.207 e. The van der Waals surface area contributed by atoms with Crippen LogP contribution in [-0.2, 0) is 0 Å². The molecule has 3 rings (SSSR count). The Hall–Kier alpha value is -0.230. The van der Waals surface area contributed by atoms with Crippen molar-refractivity contribution in [1.82, 2.24) is 0 Å². The van der Waals surface area contributed by atoms with Crippen LogP contribution in [0, 0.1) is 12.7 Å². The molecule has 0 saturated carbocycles. The first-order valence-electron chi connectivity index (χ1n) is 5.63. The summed E-state index contributed by atoms with van der Waals surface area (Å²) in [6.07, 6.45) is 0. The third-order valence-corrected chi connectivity index (χ3v) is 7.83. The van der Waals surface area contributed by atoms with Crippen LogP contribution >= 0.6 is 54.5 Å². The molecule has 0 aliphatic heterocycles. The Labute approximate surface area is 135 Å². The summed E-state index contributed by atoms with van der Waals surface area (Å²) in [6.45, 7) is 2.09. The van der Waals surface area contributed by atoms with E-state index in [1.807, 2.05) is 6.07 Å². The fourth-order valence-electron chi connectivity index (χ4n) is 1.90. The van der Waals surface area contributed by atoms with Gasteiger partial charge in [0.15, 0.2) is 0 Å². The molecular formula is C14H9Br2FS2. The van der Waals surface area contributed by atoms with Crippen molar-refractivity contribution >= 4 is 64.6 Å². The Morgan fingerprint density at radius 2 is 1.84 bits per heavy atom. The summed E-state index contributed by atoms with van der Waals surface area (Å²) in [4.78, 5) is 2.63. The van der Waals surface area contributed by atoms with Crippen molar-refractivity contribution in [2.75, 3.05) is 0 Å². The van der Waals surface area contributed by atoms with Crippen LogP contribution in [0.25, 0.3) is 10.1 Å². The summed E-state index contributed by atoms with van der Waals surface area (Å²) in [5.41, 5.74) is 1.25. The minimum absolute atomic E-state index is 0.169. The van der Waals surface area contributed by atoms with Gasteiger partial charge in [-0.15, -0.1) is 22.7 Å². The molecule has 0 bridgehead atoms. The summed E-state index contributed by atoms with van der Waals surface area (Å²) >= 11 is 10.7. The lowest BCUT2D eigenvalue weighted by Crippen LogP contribution is -1.83. The molecule has 0 fully saturated rings. The Kier molecular flexibility index (Phi) is 3.82. The van der Waals surface area contributed by atoms with Crippen LogP contribution in [0.15, 0.2) is 34.1 Å². The monoisotopic (exact) mass is 418 g/mol. The van der Waals surface area contributed by atoms with Crippen molar-refractivity contribution < 1.29 is 4.39 Å². The molecule has 2 heterocycles. The highest BCUT2D eigenvalue weighted by Crippen LogP contribution is 2.42. The van der Waals surface area contributed by atoms with Crippen LogP contribution in [0.1, 0.15) is 20.1 Å². The Balaban J connectivity index is 2.03. The number of aryl methyl sites for hydroxylation is 1. The molecule has 2 aromatic heterocycles. The smallest absolute Gasteiger partial charge is 0.124 e. The lowest BCUT2D eigenvalue weighted by molar-refractivity contribution is 0.630. The minimum Gasteiger partial charge on any atom is -0.207 e. The average Bonchev–Trinajstić information content (AvgIpc) is 2.92. The SMILES string of the molecule is Cc1cc(C(Br)c2cc3ccc(F)cc3s2)sc1Br. The van der Waals surface area contributed by atoms with Gasteiger partial charge in [0.25, 0.3) is 0 Å². The molecule has 3 aromatic rings. The maximum Gasteiger partial charge on any atom is 0.124 e. The van der Waals surface area contributed by atoms with Gasteiger partial charge in [-0.05, 0) is 58.1 Å². The van der Waals surface area contributed by atoms with E-state index in [9.17, 15) is 4.39 Å². The predicted octanol–water partition coefficient (Wildman–Crippen LogP) is 6.66. The lowest BCUT2D eigenvalue weighted by Gasteiger charge is -2.03. The third-order valence-electron chi connectivity index (χ3n) is 2.88. The molecule has 0 aliphatic carbocycles. The third kappa shape index (κ3) is 2.66. The summed E-state index contributed by atoms with van der Waals surface area (Å²) in [5.74, 6) is -0.179. The first-order chi connectivity index (χ1) is 9.04. The zero-order valence-corrected chi connectivity index (χ0v) is 14.7. The van der Waals surface area contributed by atoms with Crippen molar-refractivity contribution in [3.63, 3.8) is 0 Å². The van der Waals surface area contributed by atoms with E-state index in [2.05, 4.69) is 50.9 Å². The lowest BCUT2D eigenvalue weighted by atomic mass is 10.2. The van der Waals surface area contributed by atoms with Crippen molar-refractivity contribution in [2.45, 2.75) is 11.8 Å². The summed E-state index contributed by atoms with van der Waals surface area (Å²) in [5, 5.41) is 1.10. The molecule has 0 nitrogen and oxygen atoms in total. The fourth-order valence-corrected chi connectivity index (χ4v) is 5.45. The molecule has 0 spiro atoms. The van der Waals surface area contributed by atoms with Gasteiger partial charge in [0.05, 0.1) is 8.61 Å². The van der Waals surface area contributed by atoms with Gasteiger partial charge < -0.3 is 0 Å². The van der Waals surface area contributed by atoms with Crippen molar-refractivity contribution in [3.8, 4) is 0 Å². The molecule has 0 aliphatic rings. The van der Waals surface area contributed by atoms with Crippen LogP contribution in [0.3, 0.4) is 0 Å². The highest BCUT2D eigenvalue weighted by Gasteiger charge is 2.17. The van der Waals surface area contributed by atoms with Gasteiger partial charge in [0.2, 0.25) is 0 Å². The zero-order valence-electron chi connectivity index (χ0n) is 9.91. The zero-order chi connectivity index (χ0) is 13.6. The summed E-state index contributed by atoms with van der Waals surface area (Å²) in [6, 6.07) is 9.24. The van der Waals surface area contributed by atoms with E-state index in [4.69, 9.17) is 0 Å². The molecule has 5 heteroatoms. The first-order valence-corrected chi connectivity index (χ1v) is 8.97. The minimum atomic E-state index is -0.179. The van der Waals surface area contributed by atoms with Crippen LogP contribution in [0.2, 0.25) is 0 Å². The van der Waals surface area contributed by atoms with Crippen molar-refractivity contribution in [1.29, 1.82) is 0 Å². The standard InChI is InChI=1S/C14H9Br2FS2/c1-7-4-11(19-14(7)16)13(15)12-5-8-2-3-9(17)6-10(8)18-12/h2-6,13H,1H3. The predicted molar refractivity (Wildman–Crippen MR) is 89.3 cm³/mol. The highest BCUT2D eigenvalue weighted by atomic mass is 79.9. The molecule has 19 heavy (non-hydrogen) atoms. The van der Waals surface area contributed by atoms with E-state index < -0.39 is 0 Å². The number of hydrogen-bond acceptors (Lipinski definition) is 2.